The molecule has 4 nitrogen and oxygen atoms in total. The molecule has 1 aliphatic carbocycles. The lowest BCUT2D eigenvalue weighted by molar-refractivity contribution is -0.144. The average molecular weight is 285 g/mol. The molecular formula is C14H17F2NO3. The Bertz CT molecular complexity index is 505. The number of benzene rings is 1. The van der Waals surface area contributed by atoms with Gasteiger partial charge in [-0.05, 0) is 31.9 Å². The second-order valence-electron chi connectivity index (χ2n) is 5.23. The molecule has 0 aromatic heterocycles. The zero-order valence-corrected chi connectivity index (χ0v) is 11.2. The zero-order valence-electron chi connectivity index (χ0n) is 11.2. The molecule has 6 heteroatoms. The van der Waals surface area contributed by atoms with E-state index in [1.807, 2.05) is 0 Å². The van der Waals surface area contributed by atoms with Gasteiger partial charge in [0.1, 0.15) is 11.4 Å². The van der Waals surface area contributed by atoms with Gasteiger partial charge in [0.2, 0.25) is 0 Å². The molecule has 1 fully saturated rings. The average Bonchev–Trinajstić information content (AvgIpc) is 3.17. The molecule has 1 saturated carbocycles. The number of nitrogens with one attached hydrogen (secondary N) is 1. The van der Waals surface area contributed by atoms with E-state index in [9.17, 15) is 18.7 Å². The van der Waals surface area contributed by atoms with Gasteiger partial charge in [-0.1, -0.05) is 0 Å². The van der Waals surface area contributed by atoms with Gasteiger partial charge in [0, 0.05) is 18.5 Å². The minimum Gasteiger partial charge on any atom is -0.490 e. The summed E-state index contributed by atoms with van der Waals surface area (Å²) in [5, 5.41) is 12.3. The van der Waals surface area contributed by atoms with Crippen LogP contribution < -0.4 is 10.1 Å². The summed E-state index contributed by atoms with van der Waals surface area (Å²) in [6.45, 7) is 1.56. The third kappa shape index (κ3) is 3.66. The van der Waals surface area contributed by atoms with E-state index in [1.165, 1.54) is 0 Å². The van der Waals surface area contributed by atoms with Crippen LogP contribution >= 0.6 is 0 Å². The van der Waals surface area contributed by atoms with Gasteiger partial charge in [0.15, 0.2) is 11.6 Å². The standard InChI is InChI=1S/C14H17F2NO3/c1-14(13(18)19,17-10-3-4-10)6-7-20-12-8-9(15)2-5-11(12)16/h2,5,8,10,17H,3-4,6-7H2,1H3,(H,18,19). The SMILES string of the molecule is CC(CCOc1cc(F)ccc1F)(NC1CC1)C(=O)O. The molecule has 0 heterocycles. The molecule has 1 aromatic carbocycles. The van der Waals surface area contributed by atoms with Crippen molar-refractivity contribution in [3.63, 3.8) is 0 Å². The Balaban J connectivity index is 1.92. The van der Waals surface area contributed by atoms with Gasteiger partial charge in [0.25, 0.3) is 0 Å². The number of ether oxygens (including phenoxy) is 1. The van der Waals surface area contributed by atoms with Crippen LogP contribution in [0.2, 0.25) is 0 Å². The minimum atomic E-state index is -1.12. The summed E-state index contributed by atoms with van der Waals surface area (Å²) in [5.74, 6) is -2.45. The van der Waals surface area contributed by atoms with Gasteiger partial charge in [-0.15, -0.1) is 0 Å². The molecule has 110 valence electrons. The summed E-state index contributed by atoms with van der Waals surface area (Å²) in [7, 11) is 0. The van der Waals surface area contributed by atoms with Crippen molar-refractivity contribution in [2.75, 3.05) is 6.61 Å². The predicted molar refractivity (Wildman–Crippen MR) is 68.7 cm³/mol. The highest BCUT2D eigenvalue weighted by Crippen LogP contribution is 2.25. The largest absolute Gasteiger partial charge is 0.490 e. The maximum atomic E-state index is 13.3. The van der Waals surface area contributed by atoms with Gasteiger partial charge >= 0.3 is 5.97 Å². The lowest BCUT2D eigenvalue weighted by Gasteiger charge is -2.26. The van der Waals surface area contributed by atoms with Gasteiger partial charge in [-0.2, -0.15) is 0 Å². The van der Waals surface area contributed by atoms with E-state index < -0.39 is 23.1 Å². The van der Waals surface area contributed by atoms with Crippen molar-refractivity contribution in [3.8, 4) is 5.75 Å². The molecule has 2 N–H and O–H groups in total. The fraction of sp³-hybridized carbons (Fsp3) is 0.500. The Hall–Kier alpha value is -1.69. The summed E-state index contributed by atoms with van der Waals surface area (Å²) < 4.78 is 31.5. The molecule has 0 bridgehead atoms. The van der Waals surface area contributed by atoms with Crippen molar-refractivity contribution >= 4 is 5.97 Å². The van der Waals surface area contributed by atoms with Crippen LogP contribution in [0.1, 0.15) is 26.2 Å². The van der Waals surface area contributed by atoms with Crippen LogP contribution in [-0.4, -0.2) is 29.3 Å². The number of hydrogen-bond acceptors (Lipinski definition) is 3. The van der Waals surface area contributed by atoms with Crippen molar-refractivity contribution in [1.29, 1.82) is 0 Å². The molecule has 0 saturated heterocycles. The summed E-state index contributed by atoms with van der Waals surface area (Å²) >= 11 is 0. The van der Waals surface area contributed by atoms with E-state index in [2.05, 4.69) is 5.32 Å². The Morgan fingerprint density at radius 3 is 2.80 bits per heavy atom. The van der Waals surface area contributed by atoms with Crippen molar-refractivity contribution in [1.82, 2.24) is 5.32 Å². The van der Waals surface area contributed by atoms with E-state index in [-0.39, 0.29) is 24.8 Å². The monoisotopic (exact) mass is 285 g/mol. The highest BCUT2D eigenvalue weighted by molar-refractivity contribution is 5.78. The van der Waals surface area contributed by atoms with Crippen LogP contribution in [0.5, 0.6) is 5.75 Å². The number of hydrogen-bond donors (Lipinski definition) is 2. The van der Waals surface area contributed by atoms with Crippen LogP contribution in [0.4, 0.5) is 8.78 Å². The lowest BCUT2D eigenvalue weighted by Crippen LogP contribution is -2.51. The highest BCUT2D eigenvalue weighted by Gasteiger charge is 2.38. The van der Waals surface area contributed by atoms with Crippen molar-refractivity contribution < 1.29 is 23.4 Å². The van der Waals surface area contributed by atoms with Gasteiger partial charge < -0.3 is 9.84 Å². The maximum absolute atomic E-state index is 13.3. The second kappa shape index (κ2) is 5.75. The topological polar surface area (TPSA) is 58.6 Å². The smallest absolute Gasteiger partial charge is 0.323 e. The van der Waals surface area contributed by atoms with Crippen LogP contribution in [0.15, 0.2) is 18.2 Å². The van der Waals surface area contributed by atoms with Crippen molar-refractivity contribution in [3.05, 3.63) is 29.8 Å². The zero-order chi connectivity index (χ0) is 14.8. The highest BCUT2D eigenvalue weighted by atomic mass is 19.1. The first-order valence-corrected chi connectivity index (χ1v) is 6.50. The van der Waals surface area contributed by atoms with Crippen LogP contribution in [0, 0.1) is 11.6 Å². The summed E-state index contributed by atoms with van der Waals surface area (Å²) in [6.07, 6.45) is 2.08. The molecule has 20 heavy (non-hydrogen) atoms. The first-order chi connectivity index (χ1) is 9.40. The fourth-order valence-corrected chi connectivity index (χ4v) is 1.87. The van der Waals surface area contributed by atoms with E-state index in [4.69, 9.17) is 4.74 Å². The summed E-state index contributed by atoms with van der Waals surface area (Å²) in [6, 6.07) is 3.14. The summed E-state index contributed by atoms with van der Waals surface area (Å²) in [5.41, 5.74) is -1.12. The molecule has 2 rings (SSSR count). The summed E-state index contributed by atoms with van der Waals surface area (Å²) in [4.78, 5) is 11.3. The van der Waals surface area contributed by atoms with Gasteiger partial charge in [0.05, 0.1) is 6.61 Å². The number of carboxylic acids is 1. The third-order valence-electron chi connectivity index (χ3n) is 3.32. The van der Waals surface area contributed by atoms with Crippen LogP contribution in [0.25, 0.3) is 0 Å². The van der Waals surface area contributed by atoms with E-state index in [0.717, 1.165) is 31.0 Å². The normalized spacial score (nSPS) is 17.6. The Kier molecular flexibility index (Phi) is 4.23. The van der Waals surface area contributed by atoms with E-state index >= 15 is 0 Å². The molecule has 0 radical (unpaired) electrons. The van der Waals surface area contributed by atoms with Crippen LogP contribution in [-0.2, 0) is 4.79 Å². The van der Waals surface area contributed by atoms with Gasteiger partial charge in [-0.3, -0.25) is 10.1 Å². The predicted octanol–water partition coefficient (Wildman–Crippen LogP) is 2.33. The molecule has 1 aromatic rings. The molecular weight excluding hydrogens is 268 g/mol. The molecule has 0 amide bonds. The lowest BCUT2D eigenvalue weighted by atomic mass is 9.98. The number of carboxylic acid groups (broad SMARTS) is 1. The second-order valence-corrected chi connectivity index (χ2v) is 5.23. The maximum Gasteiger partial charge on any atom is 0.323 e. The van der Waals surface area contributed by atoms with Crippen molar-refractivity contribution in [2.24, 2.45) is 0 Å². The van der Waals surface area contributed by atoms with Crippen LogP contribution in [0.3, 0.4) is 0 Å². The first kappa shape index (κ1) is 14.7. The fourth-order valence-electron chi connectivity index (χ4n) is 1.87. The molecule has 0 spiro atoms. The van der Waals surface area contributed by atoms with Gasteiger partial charge in [-0.25, -0.2) is 8.78 Å². The molecule has 1 aliphatic rings. The third-order valence-corrected chi connectivity index (χ3v) is 3.32. The Morgan fingerprint density at radius 1 is 1.50 bits per heavy atom. The molecule has 1 atom stereocenters. The number of carbonyl (C=O) groups is 1. The number of aliphatic carboxylic acids is 1. The number of halogens is 2. The Morgan fingerprint density at radius 2 is 2.20 bits per heavy atom. The number of rotatable bonds is 7. The van der Waals surface area contributed by atoms with E-state index in [0.29, 0.717) is 0 Å². The molecule has 0 aliphatic heterocycles. The Labute approximate surface area is 115 Å². The quantitative estimate of drug-likeness (QED) is 0.807. The first-order valence-electron chi connectivity index (χ1n) is 6.50. The molecule has 1 unspecified atom stereocenters. The van der Waals surface area contributed by atoms with Crippen molar-refractivity contribution in [2.45, 2.75) is 37.8 Å². The van der Waals surface area contributed by atoms with E-state index in [1.54, 1.807) is 6.92 Å². The minimum absolute atomic E-state index is 0.0110.